The van der Waals surface area contributed by atoms with Crippen molar-refractivity contribution >= 4 is 10.8 Å². The van der Waals surface area contributed by atoms with Gasteiger partial charge >= 0.3 is 0 Å². The summed E-state index contributed by atoms with van der Waals surface area (Å²) >= 11 is 0. The second kappa shape index (κ2) is 4.68. The minimum atomic E-state index is -0.690. The molecule has 0 aromatic heterocycles. The molecule has 1 aliphatic rings. The molecule has 0 saturated carbocycles. The quantitative estimate of drug-likeness (QED) is 0.810. The number of hydrogen-bond acceptors (Lipinski definition) is 2. The Morgan fingerprint density at radius 2 is 2.06 bits per heavy atom. The molecule has 1 aliphatic heterocycles. The molecule has 0 bridgehead atoms. The van der Waals surface area contributed by atoms with E-state index in [0.29, 0.717) is 0 Å². The second-order valence-electron chi connectivity index (χ2n) is 4.66. The number of aryl methyl sites for hydroxylation is 2. The largest absolute Gasteiger partial charge is 0.308 e. The maximum Gasteiger partial charge on any atom is 0.0445 e. The van der Waals surface area contributed by atoms with Crippen LogP contribution >= 0.6 is 0 Å². The topological polar surface area (TPSA) is 29.1 Å². The first-order chi connectivity index (χ1) is 7.58. The smallest absolute Gasteiger partial charge is 0.0445 e. The number of rotatable bonds is 1. The van der Waals surface area contributed by atoms with Crippen molar-refractivity contribution in [2.24, 2.45) is 0 Å². The molecule has 1 aromatic rings. The summed E-state index contributed by atoms with van der Waals surface area (Å²) in [6.45, 7) is 7.14. The summed E-state index contributed by atoms with van der Waals surface area (Å²) in [6, 6.07) is 6.76. The van der Waals surface area contributed by atoms with E-state index in [9.17, 15) is 4.21 Å². The molecule has 2 rings (SSSR count). The third-order valence-corrected chi connectivity index (χ3v) is 5.09. The van der Waals surface area contributed by atoms with Gasteiger partial charge in [0.15, 0.2) is 0 Å². The van der Waals surface area contributed by atoms with Crippen LogP contribution in [0.1, 0.15) is 29.7 Å². The number of hydrogen-bond donors (Lipinski definition) is 1. The first kappa shape index (κ1) is 11.8. The average molecular weight is 237 g/mol. The molecule has 0 spiro atoms. The van der Waals surface area contributed by atoms with E-state index in [4.69, 9.17) is 0 Å². The fourth-order valence-corrected chi connectivity index (χ4v) is 3.23. The van der Waals surface area contributed by atoms with Crippen LogP contribution in [0.3, 0.4) is 0 Å². The summed E-state index contributed by atoms with van der Waals surface area (Å²) in [5.74, 6) is 0.740. The maximum atomic E-state index is 11.8. The van der Waals surface area contributed by atoms with Gasteiger partial charge < -0.3 is 5.32 Å². The molecular weight excluding hydrogens is 218 g/mol. The zero-order valence-electron chi connectivity index (χ0n) is 10.1. The van der Waals surface area contributed by atoms with Crippen molar-refractivity contribution in [1.82, 2.24) is 5.32 Å². The van der Waals surface area contributed by atoms with Gasteiger partial charge in [-0.05, 0) is 37.5 Å². The Balaban J connectivity index is 2.18. The summed E-state index contributed by atoms with van der Waals surface area (Å²) in [7, 11) is -0.690. The van der Waals surface area contributed by atoms with Crippen molar-refractivity contribution in [3.8, 4) is 0 Å². The molecular formula is C13H19NOS. The molecule has 2 nitrogen and oxygen atoms in total. The highest BCUT2D eigenvalue weighted by Gasteiger charge is 2.24. The van der Waals surface area contributed by atoms with E-state index in [1.165, 1.54) is 16.7 Å². The van der Waals surface area contributed by atoms with Crippen LogP contribution < -0.4 is 5.32 Å². The van der Waals surface area contributed by atoms with Crippen LogP contribution in [-0.4, -0.2) is 21.8 Å². The van der Waals surface area contributed by atoms with Crippen molar-refractivity contribution in [3.63, 3.8) is 0 Å². The zero-order chi connectivity index (χ0) is 11.7. The van der Waals surface area contributed by atoms with E-state index in [-0.39, 0.29) is 11.3 Å². The molecule has 3 unspecified atom stereocenters. The van der Waals surface area contributed by atoms with Gasteiger partial charge in [-0.2, -0.15) is 0 Å². The van der Waals surface area contributed by atoms with Crippen LogP contribution in [-0.2, 0) is 10.8 Å². The zero-order valence-corrected chi connectivity index (χ0v) is 10.9. The van der Waals surface area contributed by atoms with Crippen LogP contribution in [0.25, 0.3) is 0 Å². The molecule has 16 heavy (non-hydrogen) atoms. The molecule has 1 N–H and O–H groups in total. The molecule has 1 heterocycles. The Bertz CT molecular complexity index is 416. The lowest BCUT2D eigenvalue weighted by Gasteiger charge is -2.28. The van der Waals surface area contributed by atoms with Gasteiger partial charge in [0.05, 0.1) is 0 Å². The Kier molecular flexibility index (Phi) is 3.45. The molecule has 0 aliphatic carbocycles. The van der Waals surface area contributed by atoms with Gasteiger partial charge in [0.25, 0.3) is 0 Å². The van der Waals surface area contributed by atoms with E-state index >= 15 is 0 Å². The van der Waals surface area contributed by atoms with Gasteiger partial charge in [-0.15, -0.1) is 0 Å². The van der Waals surface area contributed by atoms with Crippen molar-refractivity contribution in [2.75, 3.05) is 12.3 Å². The Labute approximate surface area is 99.9 Å². The molecule has 88 valence electrons. The van der Waals surface area contributed by atoms with E-state index in [2.05, 4.69) is 37.4 Å². The first-order valence-electron chi connectivity index (χ1n) is 5.75. The van der Waals surface area contributed by atoms with E-state index in [0.717, 1.165) is 12.3 Å². The van der Waals surface area contributed by atoms with E-state index in [1.54, 1.807) is 0 Å². The second-order valence-corrected chi connectivity index (χ2v) is 6.56. The fourth-order valence-electron chi connectivity index (χ4n) is 1.98. The summed E-state index contributed by atoms with van der Waals surface area (Å²) in [4.78, 5) is 0. The van der Waals surface area contributed by atoms with Crippen molar-refractivity contribution in [3.05, 3.63) is 34.9 Å². The Morgan fingerprint density at radius 1 is 1.31 bits per heavy atom. The van der Waals surface area contributed by atoms with Crippen molar-refractivity contribution in [2.45, 2.75) is 32.1 Å². The lowest BCUT2D eigenvalue weighted by atomic mass is 10.0. The van der Waals surface area contributed by atoms with Gasteiger partial charge in [-0.3, -0.25) is 4.21 Å². The SMILES string of the molecule is Cc1ccc(C2CS(=O)C(C)CN2)cc1C. The average Bonchev–Trinajstić information content (AvgIpc) is 2.26. The highest BCUT2D eigenvalue weighted by atomic mass is 32.2. The summed E-state index contributed by atoms with van der Waals surface area (Å²) in [5, 5.41) is 3.75. The third kappa shape index (κ3) is 2.36. The lowest BCUT2D eigenvalue weighted by molar-refractivity contribution is 0.540. The van der Waals surface area contributed by atoms with Crippen LogP contribution in [0.4, 0.5) is 0 Å². The number of benzene rings is 1. The predicted molar refractivity (Wildman–Crippen MR) is 69.1 cm³/mol. The van der Waals surface area contributed by atoms with Gasteiger partial charge in [0.2, 0.25) is 0 Å². The fraction of sp³-hybridized carbons (Fsp3) is 0.538. The predicted octanol–water partition coefficient (Wildman–Crippen LogP) is 2.08. The van der Waals surface area contributed by atoms with E-state index < -0.39 is 10.8 Å². The monoisotopic (exact) mass is 237 g/mol. The highest BCUT2D eigenvalue weighted by molar-refractivity contribution is 7.85. The van der Waals surface area contributed by atoms with Crippen LogP contribution in [0.2, 0.25) is 0 Å². The highest BCUT2D eigenvalue weighted by Crippen LogP contribution is 2.21. The van der Waals surface area contributed by atoms with E-state index in [1.807, 2.05) is 6.92 Å². The Hall–Kier alpha value is -0.670. The Morgan fingerprint density at radius 3 is 2.69 bits per heavy atom. The summed E-state index contributed by atoms with van der Waals surface area (Å²) in [6.07, 6.45) is 0. The number of nitrogens with one attached hydrogen (secondary N) is 1. The summed E-state index contributed by atoms with van der Waals surface area (Å²) in [5.41, 5.74) is 3.89. The molecule has 1 aromatic carbocycles. The molecule has 0 amide bonds. The third-order valence-electron chi connectivity index (χ3n) is 3.36. The van der Waals surface area contributed by atoms with Gasteiger partial charge in [-0.25, -0.2) is 0 Å². The summed E-state index contributed by atoms with van der Waals surface area (Å²) < 4.78 is 11.8. The van der Waals surface area contributed by atoms with Gasteiger partial charge in [0.1, 0.15) is 0 Å². The molecule has 3 atom stereocenters. The molecule has 3 heteroatoms. The molecule has 1 fully saturated rings. The maximum absolute atomic E-state index is 11.8. The van der Waals surface area contributed by atoms with Crippen LogP contribution in [0.5, 0.6) is 0 Å². The van der Waals surface area contributed by atoms with Crippen molar-refractivity contribution < 1.29 is 4.21 Å². The first-order valence-corrected chi connectivity index (χ1v) is 7.14. The van der Waals surface area contributed by atoms with Crippen LogP contribution in [0, 0.1) is 13.8 Å². The molecule has 0 radical (unpaired) electrons. The standard InChI is InChI=1S/C13H19NOS/c1-9-4-5-12(6-10(9)2)13-8-16(15)11(3)7-14-13/h4-6,11,13-14H,7-8H2,1-3H3. The molecule has 1 saturated heterocycles. The van der Waals surface area contributed by atoms with Crippen molar-refractivity contribution in [1.29, 1.82) is 0 Å². The lowest BCUT2D eigenvalue weighted by Crippen LogP contribution is -2.41. The minimum absolute atomic E-state index is 0.260. The minimum Gasteiger partial charge on any atom is -0.308 e. The normalized spacial score (nSPS) is 30.3. The van der Waals surface area contributed by atoms with Crippen LogP contribution in [0.15, 0.2) is 18.2 Å². The van der Waals surface area contributed by atoms with Gasteiger partial charge in [-0.1, -0.05) is 18.2 Å². The van der Waals surface area contributed by atoms with Gasteiger partial charge in [0, 0.05) is 34.4 Å².